The molecule has 0 amide bonds. The Morgan fingerprint density at radius 2 is 2.00 bits per heavy atom. The maximum absolute atomic E-state index is 6.14. The number of rotatable bonds is 3. The zero-order valence-electron chi connectivity index (χ0n) is 8.91. The monoisotopic (exact) mass is 236 g/mol. The molecule has 1 heterocycles. The topological polar surface area (TPSA) is 51.2 Å². The largest absolute Gasteiger partial charge is 0.469 e. The van der Waals surface area contributed by atoms with E-state index in [1.165, 1.54) is 0 Å². The Bertz CT molecular complexity index is 481. The quantitative estimate of drug-likeness (QED) is 0.637. The number of benzene rings is 1. The maximum Gasteiger partial charge on any atom is 0.105 e. The number of nitrogens with one attached hydrogen (secondary N) is 1. The summed E-state index contributed by atoms with van der Waals surface area (Å²) in [5.41, 5.74) is 4.69. The smallest absolute Gasteiger partial charge is 0.105 e. The predicted molar refractivity (Wildman–Crippen MR) is 64.1 cm³/mol. The van der Waals surface area contributed by atoms with Crippen molar-refractivity contribution in [2.75, 3.05) is 0 Å². The van der Waals surface area contributed by atoms with Crippen LogP contribution < -0.4 is 11.3 Å². The zero-order chi connectivity index (χ0) is 11.5. The summed E-state index contributed by atoms with van der Waals surface area (Å²) >= 11 is 6.14. The third-order valence-corrected chi connectivity index (χ3v) is 2.94. The van der Waals surface area contributed by atoms with Crippen molar-refractivity contribution in [1.29, 1.82) is 0 Å². The molecular weight excluding hydrogens is 224 g/mol. The van der Waals surface area contributed by atoms with Gasteiger partial charge in [0, 0.05) is 10.6 Å². The van der Waals surface area contributed by atoms with Crippen molar-refractivity contribution in [2.45, 2.75) is 13.0 Å². The van der Waals surface area contributed by atoms with Crippen LogP contribution in [0, 0.1) is 6.92 Å². The Morgan fingerprint density at radius 1 is 1.25 bits per heavy atom. The number of hydrogen-bond donors (Lipinski definition) is 2. The van der Waals surface area contributed by atoms with Crippen LogP contribution in [0.4, 0.5) is 0 Å². The van der Waals surface area contributed by atoms with Crippen LogP contribution in [0.15, 0.2) is 41.0 Å². The summed E-state index contributed by atoms with van der Waals surface area (Å²) in [5, 5.41) is 0.686. The molecular formula is C12H13ClN2O. The van der Waals surface area contributed by atoms with E-state index in [1.807, 2.05) is 37.3 Å². The van der Waals surface area contributed by atoms with Gasteiger partial charge in [0.05, 0.1) is 12.3 Å². The molecule has 0 spiro atoms. The van der Waals surface area contributed by atoms with Crippen LogP contribution in [-0.4, -0.2) is 0 Å². The normalized spacial score (nSPS) is 12.7. The van der Waals surface area contributed by atoms with Gasteiger partial charge in [-0.1, -0.05) is 29.8 Å². The summed E-state index contributed by atoms with van der Waals surface area (Å²) in [7, 11) is 0. The summed E-state index contributed by atoms with van der Waals surface area (Å²) in [6.07, 6.45) is 1.64. The Kier molecular flexibility index (Phi) is 3.29. The van der Waals surface area contributed by atoms with Crippen LogP contribution in [0.25, 0.3) is 0 Å². The van der Waals surface area contributed by atoms with Crippen molar-refractivity contribution in [2.24, 2.45) is 5.84 Å². The van der Waals surface area contributed by atoms with E-state index >= 15 is 0 Å². The second-order valence-corrected chi connectivity index (χ2v) is 3.96. The molecule has 1 aromatic heterocycles. The minimum Gasteiger partial charge on any atom is -0.469 e. The van der Waals surface area contributed by atoms with E-state index in [4.69, 9.17) is 21.9 Å². The predicted octanol–water partition coefficient (Wildman–Crippen LogP) is 2.79. The van der Waals surface area contributed by atoms with Gasteiger partial charge in [-0.3, -0.25) is 5.84 Å². The molecule has 3 N–H and O–H groups in total. The molecule has 0 aliphatic carbocycles. The summed E-state index contributed by atoms with van der Waals surface area (Å²) in [6, 6.07) is 9.36. The number of hydrazine groups is 1. The molecule has 0 bridgehead atoms. The highest BCUT2D eigenvalue weighted by Crippen LogP contribution is 2.29. The summed E-state index contributed by atoms with van der Waals surface area (Å²) in [6.45, 7) is 1.90. The van der Waals surface area contributed by atoms with Gasteiger partial charge >= 0.3 is 0 Å². The van der Waals surface area contributed by atoms with Crippen molar-refractivity contribution in [3.8, 4) is 0 Å². The highest BCUT2D eigenvalue weighted by Gasteiger charge is 2.18. The molecule has 4 heteroatoms. The van der Waals surface area contributed by atoms with Crippen molar-refractivity contribution in [1.82, 2.24) is 5.43 Å². The Hall–Kier alpha value is -1.29. The van der Waals surface area contributed by atoms with Gasteiger partial charge in [0.1, 0.15) is 5.76 Å². The second-order valence-electron chi connectivity index (χ2n) is 3.55. The molecule has 0 radical (unpaired) electrons. The van der Waals surface area contributed by atoms with Crippen molar-refractivity contribution in [3.05, 3.63) is 58.5 Å². The minimum atomic E-state index is -0.146. The lowest BCUT2D eigenvalue weighted by Gasteiger charge is -2.16. The molecule has 0 fully saturated rings. The molecule has 16 heavy (non-hydrogen) atoms. The van der Waals surface area contributed by atoms with Crippen molar-refractivity contribution < 1.29 is 4.42 Å². The van der Waals surface area contributed by atoms with Gasteiger partial charge < -0.3 is 4.42 Å². The first-order valence-electron chi connectivity index (χ1n) is 4.98. The number of nitrogens with two attached hydrogens (primary N) is 1. The number of halogens is 1. The molecule has 1 unspecified atom stereocenters. The van der Waals surface area contributed by atoms with Gasteiger partial charge in [0.25, 0.3) is 0 Å². The van der Waals surface area contributed by atoms with E-state index in [1.54, 1.807) is 6.26 Å². The van der Waals surface area contributed by atoms with E-state index in [2.05, 4.69) is 5.43 Å². The first-order chi connectivity index (χ1) is 7.74. The summed E-state index contributed by atoms with van der Waals surface area (Å²) in [5.74, 6) is 6.42. The van der Waals surface area contributed by atoms with Gasteiger partial charge in [0.2, 0.25) is 0 Å². The fourth-order valence-electron chi connectivity index (χ4n) is 1.75. The van der Waals surface area contributed by atoms with Gasteiger partial charge in [0.15, 0.2) is 0 Å². The summed E-state index contributed by atoms with van der Waals surface area (Å²) in [4.78, 5) is 0. The first-order valence-corrected chi connectivity index (χ1v) is 5.36. The van der Waals surface area contributed by atoms with E-state index in [-0.39, 0.29) is 6.04 Å². The molecule has 3 nitrogen and oxygen atoms in total. The Labute approximate surface area is 99.2 Å². The lowest BCUT2D eigenvalue weighted by Crippen LogP contribution is -2.29. The van der Waals surface area contributed by atoms with Crippen LogP contribution in [0.2, 0.25) is 5.02 Å². The van der Waals surface area contributed by atoms with Crippen LogP contribution in [0.1, 0.15) is 22.9 Å². The Balaban J connectivity index is 2.45. The Morgan fingerprint density at radius 3 is 2.56 bits per heavy atom. The third-order valence-electron chi connectivity index (χ3n) is 2.59. The average molecular weight is 237 g/mol. The standard InChI is InChI=1S/C12H13ClN2O/c1-8-9(6-7-16-8)12(15-14)10-4-2-3-5-11(10)13/h2-7,12,15H,14H2,1H3. The first kappa shape index (κ1) is 11.2. The van der Waals surface area contributed by atoms with Crippen LogP contribution in [0.3, 0.4) is 0 Å². The van der Waals surface area contributed by atoms with Crippen LogP contribution in [-0.2, 0) is 0 Å². The minimum absolute atomic E-state index is 0.146. The number of aryl methyl sites for hydroxylation is 1. The molecule has 0 aliphatic rings. The maximum atomic E-state index is 6.14. The lowest BCUT2D eigenvalue weighted by molar-refractivity contribution is 0.520. The molecule has 84 valence electrons. The molecule has 0 aliphatic heterocycles. The fraction of sp³-hybridized carbons (Fsp3) is 0.167. The van der Waals surface area contributed by atoms with Gasteiger partial charge in [-0.15, -0.1) is 0 Å². The average Bonchev–Trinajstić information content (AvgIpc) is 2.69. The second kappa shape index (κ2) is 4.70. The molecule has 1 atom stereocenters. The molecule has 0 saturated carbocycles. The van der Waals surface area contributed by atoms with E-state index in [9.17, 15) is 0 Å². The number of hydrogen-bond acceptors (Lipinski definition) is 3. The van der Waals surface area contributed by atoms with Gasteiger partial charge in [-0.05, 0) is 24.6 Å². The molecule has 0 saturated heterocycles. The van der Waals surface area contributed by atoms with E-state index in [0.717, 1.165) is 16.9 Å². The molecule has 2 aromatic rings. The van der Waals surface area contributed by atoms with E-state index in [0.29, 0.717) is 5.02 Å². The van der Waals surface area contributed by atoms with Crippen LogP contribution >= 0.6 is 11.6 Å². The van der Waals surface area contributed by atoms with E-state index < -0.39 is 0 Å². The van der Waals surface area contributed by atoms with Crippen molar-refractivity contribution in [3.63, 3.8) is 0 Å². The van der Waals surface area contributed by atoms with Crippen molar-refractivity contribution >= 4 is 11.6 Å². The van der Waals surface area contributed by atoms with Crippen LogP contribution in [0.5, 0.6) is 0 Å². The highest BCUT2D eigenvalue weighted by molar-refractivity contribution is 6.31. The summed E-state index contributed by atoms with van der Waals surface area (Å²) < 4.78 is 5.27. The molecule has 1 aromatic carbocycles. The number of furan rings is 1. The van der Waals surface area contributed by atoms with Gasteiger partial charge in [-0.2, -0.15) is 0 Å². The fourth-order valence-corrected chi connectivity index (χ4v) is 2.00. The van der Waals surface area contributed by atoms with Gasteiger partial charge in [-0.25, -0.2) is 5.43 Å². The zero-order valence-corrected chi connectivity index (χ0v) is 9.66. The SMILES string of the molecule is Cc1occc1C(NN)c1ccccc1Cl. The highest BCUT2D eigenvalue weighted by atomic mass is 35.5. The third kappa shape index (κ3) is 1.97. The lowest BCUT2D eigenvalue weighted by atomic mass is 10.00. The molecule has 2 rings (SSSR count).